The average Bonchev–Trinajstić information content (AvgIpc) is 3.17. The first-order valence-electron chi connectivity index (χ1n) is 8.64. The van der Waals surface area contributed by atoms with Gasteiger partial charge in [-0.05, 0) is 53.3 Å². The van der Waals surface area contributed by atoms with Crippen molar-refractivity contribution in [3.63, 3.8) is 0 Å². The Balaban J connectivity index is 1.30. The van der Waals surface area contributed by atoms with E-state index in [9.17, 15) is 9.18 Å². The molecule has 0 spiro atoms. The Morgan fingerprint density at radius 3 is 2.85 bits per heavy atom. The highest BCUT2D eigenvalue weighted by Crippen LogP contribution is 2.24. The number of benzene rings is 1. The Hall–Kier alpha value is -2.93. The van der Waals surface area contributed by atoms with Gasteiger partial charge in [-0.2, -0.15) is 0 Å². The Morgan fingerprint density at radius 1 is 1.22 bits per heavy atom. The van der Waals surface area contributed by atoms with E-state index in [4.69, 9.17) is 4.74 Å². The molecule has 0 saturated heterocycles. The van der Waals surface area contributed by atoms with E-state index in [-0.39, 0.29) is 11.8 Å². The summed E-state index contributed by atoms with van der Waals surface area (Å²) in [5.74, 6) is 0.617. The number of thiophene rings is 1. The van der Waals surface area contributed by atoms with E-state index < -0.39 is 0 Å². The van der Waals surface area contributed by atoms with Gasteiger partial charge in [-0.15, -0.1) is 11.3 Å². The van der Waals surface area contributed by atoms with Gasteiger partial charge >= 0.3 is 6.03 Å². The summed E-state index contributed by atoms with van der Waals surface area (Å²) in [5.41, 5.74) is 2.12. The van der Waals surface area contributed by atoms with Crippen LogP contribution in [0, 0.1) is 5.82 Å². The van der Waals surface area contributed by atoms with Crippen LogP contribution in [0.5, 0.6) is 11.6 Å². The molecule has 2 amide bonds. The molecule has 0 unspecified atom stereocenters. The average molecular weight is 383 g/mol. The minimum absolute atomic E-state index is 0.0708. The van der Waals surface area contributed by atoms with Crippen LogP contribution in [0.25, 0.3) is 0 Å². The second-order valence-corrected chi connectivity index (χ2v) is 7.26. The van der Waals surface area contributed by atoms with Crippen LogP contribution >= 0.6 is 11.3 Å². The van der Waals surface area contributed by atoms with E-state index in [2.05, 4.69) is 21.7 Å². The number of nitrogens with one attached hydrogen (secondary N) is 1. The molecule has 1 aliphatic heterocycles. The van der Waals surface area contributed by atoms with Crippen LogP contribution in [0.2, 0.25) is 0 Å². The van der Waals surface area contributed by atoms with Crippen molar-refractivity contribution in [1.82, 2.24) is 15.2 Å². The zero-order valence-corrected chi connectivity index (χ0v) is 15.3. The molecule has 0 radical (unpaired) electrons. The molecule has 0 saturated carbocycles. The summed E-state index contributed by atoms with van der Waals surface area (Å²) in [5, 5.41) is 5.01. The van der Waals surface area contributed by atoms with Crippen LogP contribution < -0.4 is 10.1 Å². The maximum absolute atomic E-state index is 12.9. The van der Waals surface area contributed by atoms with Gasteiger partial charge in [0.2, 0.25) is 5.88 Å². The number of carbonyl (C=O) groups is 1. The molecule has 1 aliphatic rings. The molecule has 0 atom stereocenters. The minimum atomic E-state index is -0.315. The maximum atomic E-state index is 12.9. The molecule has 0 aliphatic carbocycles. The van der Waals surface area contributed by atoms with Gasteiger partial charge in [0.25, 0.3) is 0 Å². The Labute approximate surface area is 160 Å². The minimum Gasteiger partial charge on any atom is -0.439 e. The van der Waals surface area contributed by atoms with Crippen LogP contribution in [-0.4, -0.2) is 22.5 Å². The van der Waals surface area contributed by atoms with E-state index in [0.29, 0.717) is 24.7 Å². The van der Waals surface area contributed by atoms with Crippen molar-refractivity contribution < 1.29 is 13.9 Å². The van der Waals surface area contributed by atoms with Crippen LogP contribution in [0.1, 0.15) is 16.0 Å². The van der Waals surface area contributed by atoms with Crippen LogP contribution in [0.4, 0.5) is 9.18 Å². The molecule has 0 fully saturated rings. The number of nitrogens with zero attached hydrogens (tertiary/aromatic N) is 2. The van der Waals surface area contributed by atoms with Gasteiger partial charge < -0.3 is 15.0 Å². The fourth-order valence-corrected chi connectivity index (χ4v) is 3.80. The van der Waals surface area contributed by atoms with Crippen LogP contribution in [0.15, 0.2) is 54.0 Å². The molecular formula is C20H18FN3O2S. The highest BCUT2D eigenvalue weighted by atomic mass is 32.1. The molecule has 138 valence electrons. The molecule has 1 aromatic carbocycles. The Kier molecular flexibility index (Phi) is 5.02. The first-order valence-corrected chi connectivity index (χ1v) is 9.52. The number of aromatic nitrogens is 1. The first kappa shape index (κ1) is 17.5. The maximum Gasteiger partial charge on any atom is 0.317 e. The molecule has 27 heavy (non-hydrogen) atoms. The second kappa shape index (κ2) is 7.75. The van der Waals surface area contributed by atoms with Gasteiger partial charge in [0.15, 0.2) is 0 Å². The third-order valence-corrected chi connectivity index (χ3v) is 5.40. The van der Waals surface area contributed by atoms with Gasteiger partial charge in [-0.1, -0.05) is 6.07 Å². The normalized spacial score (nSPS) is 13.1. The highest BCUT2D eigenvalue weighted by Gasteiger charge is 2.21. The van der Waals surface area contributed by atoms with Crippen LogP contribution in [-0.2, 0) is 19.5 Å². The van der Waals surface area contributed by atoms with Gasteiger partial charge in [-0.3, -0.25) is 0 Å². The number of pyridine rings is 1. The largest absolute Gasteiger partial charge is 0.439 e. The number of ether oxygens (including phenoxy) is 1. The van der Waals surface area contributed by atoms with Gasteiger partial charge in [0.1, 0.15) is 11.6 Å². The van der Waals surface area contributed by atoms with Crippen molar-refractivity contribution in [3.05, 3.63) is 75.9 Å². The van der Waals surface area contributed by atoms with Crippen molar-refractivity contribution in [2.75, 3.05) is 6.54 Å². The lowest BCUT2D eigenvalue weighted by Crippen LogP contribution is -2.42. The lowest BCUT2D eigenvalue weighted by Gasteiger charge is -2.27. The predicted octanol–water partition coefficient (Wildman–Crippen LogP) is 4.34. The predicted molar refractivity (Wildman–Crippen MR) is 101 cm³/mol. The summed E-state index contributed by atoms with van der Waals surface area (Å²) >= 11 is 1.75. The fourth-order valence-electron chi connectivity index (χ4n) is 2.91. The molecule has 1 N–H and O–H groups in total. The molecule has 0 bridgehead atoms. The van der Waals surface area contributed by atoms with E-state index in [1.807, 2.05) is 11.0 Å². The summed E-state index contributed by atoms with van der Waals surface area (Å²) < 4.78 is 18.5. The molecule has 4 rings (SSSR count). The number of halogens is 1. The number of rotatable bonds is 4. The van der Waals surface area contributed by atoms with Gasteiger partial charge in [0.05, 0.1) is 0 Å². The number of urea groups is 1. The lowest BCUT2D eigenvalue weighted by molar-refractivity contribution is 0.192. The lowest BCUT2D eigenvalue weighted by atomic mass is 10.1. The number of hydrogen-bond acceptors (Lipinski definition) is 4. The van der Waals surface area contributed by atoms with Crippen molar-refractivity contribution in [2.45, 2.75) is 19.5 Å². The summed E-state index contributed by atoms with van der Waals surface area (Å²) in [4.78, 5) is 19.8. The van der Waals surface area contributed by atoms with E-state index in [1.54, 1.807) is 35.7 Å². The third-order valence-electron chi connectivity index (χ3n) is 4.37. The summed E-state index contributed by atoms with van der Waals surface area (Å²) in [6.07, 6.45) is 2.57. The monoisotopic (exact) mass is 383 g/mol. The van der Waals surface area contributed by atoms with Gasteiger partial charge in [0, 0.05) is 36.8 Å². The molecular weight excluding hydrogens is 365 g/mol. The number of carbonyl (C=O) groups excluding carboxylic acids is 1. The van der Waals surface area contributed by atoms with Crippen LogP contribution in [0.3, 0.4) is 0 Å². The summed E-state index contributed by atoms with van der Waals surface area (Å²) in [6, 6.07) is 11.3. The fraction of sp³-hybridized carbons (Fsp3) is 0.200. The van der Waals surface area contributed by atoms with Gasteiger partial charge in [-0.25, -0.2) is 14.2 Å². The highest BCUT2D eigenvalue weighted by molar-refractivity contribution is 7.10. The number of amides is 2. The van der Waals surface area contributed by atoms with Crippen molar-refractivity contribution in [2.24, 2.45) is 0 Å². The Bertz CT molecular complexity index is 925. The Morgan fingerprint density at radius 2 is 2.07 bits per heavy atom. The van der Waals surface area contributed by atoms with E-state index in [1.165, 1.54) is 22.6 Å². The molecule has 5 nitrogen and oxygen atoms in total. The first-order chi connectivity index (χ1) is 13.2. The zero-order valence-electron chi connectivity index (χ0n) is 14.5. The number of hydrogen-bond donors (Lipinski definition) is 1. The number of fused-ring (bicyclic) bond motifs is 1. The standard InChI is InChI=1S/C20H18FN3O2S/c21-16-2-4-17(5-3-16)26-19-6-1-14(11-22-19)12-23-20(25)24-9-7-18-15(13-24)8-10-27-18/h1-6,8,10-11H,7,9,12-13H2,(H,23,25). The third kappa shape index (κ3) is 4.25. The van der Waals surface area contributed by atoms with E-state index in [0.717, 1.165) is 18.5 Å². The molecule has 2 aromatic heterocycles. The van der Waals surface area contributed by atoms with Crippen molar-refractivity contribution >= 4 is 17.4 Å². The smallest absolute Gasteiger partial charge is 0.317 e. The zero-order chi connectivity index (χ0) is 18.6. The van der Waals surface area contributed by atoms with E-state index >= 15 is 0 Å². The molecule has 3 aromatic rings. The molecule has 3 heterocycles. The van der Waals surface area contributed by atoms with Crippen molar-refractivity contribution in [3.8, 4) is 11.6 Å². The topological polar surface area (TPSA) is 54.5 Å². The summed E-state index contributed by atoms with van der Waals surface area (Å²) in [7, 11) is 0. The SMILES string of the molecule is O=C(NCc1ccc(Oc2ccc(F)cc2)nc1)N1CCc2sccc2C1. The second-order valence-electron chi connectivity index (χ2n) is 6.26. The quantitative estimate of drug-likeness (QED) is 0.729. The van der Waals surface area contributed by atoms with Crippen molar-refractivity contribution in [1.29, 1.82) is 0 Å². The summed E-state index contributed by atoms with van der Waals surface area (Å²) in [6.45, 7) is 1.80. The molecule has 7 heteroatoms.